The van der Waals surface area contributed by atoms with Gasteiger partial charge in [-0.25, -0.2) is 4.90 Å². The Morgan fingerprint density at radius 3 is 2.47 bits per heavy atom. The number of ether oxygens (including phenoxy) is 1. The number of ketones is 1. The maximum Gasteiger partial charge on any atom is 0.271 e. The van der Waals surface area contributed by atoms with Gasteiger partial charge in [0.2, 0.25) is 11.8 Å². The van der Waals surface area contributed by atoms with Gasteiger partial charge >= 0.3 is 0 Å². The number of amides is 2. The van der Waals surface area contributed by atoms with Gasteiger partial charge in [0.1, 0.15) is 17.5 Å². The number of rotatable bonds is 4. The van der Waals surface area contributed by atoms with Crippen LogP contribution in [0.1, 0.15) is 12.5 Å². The zero-order valence-corrected chi connectivity index (χ0v) is 17.3. The smallest absolute Gasteiger partial charge is 0.271 e. The van der Waals surface area contributed by atoms with Crippen LogP contribution in [-0.2, 0) is 14.4 Å². The monoisotopic (exact) mass is 433 g/mol. The lowest BCUT2D eigenvalue weighted by molar-refractivity contribution is -0.384. The highest BCUT2D eigenvalue weighted by Crippen LogP contribution is 2.50. The lowest BCUT2D eigenvalue weighted by atomic mass is 9.88. The number of anilines is 2. The summed E-state index contributed by atoms with van der Waals surface area (Å²) in [6, 6.07) is 9.98. The maximum atomic E-state index is 13.6. The lowest BCUT2D eigenvalue weighted by Crippen LogP contribution is -2.48. The fourth-order valence-electron chi connectivity index (χ4n) is 5.18. The van der Waals surface area contributed by atoms with Crippen LogP contribution in [0.2, 0.25) is 0 Å². The molecule has 2 aromatic rings. The number of carbonyl (C=O) groups is 3. The number of non-ortho nitro benzene ring substituents is 1. The molecule has 3 aliphatic rings. The fourth-order valence-corrected chi connectivity index (χ4v) is 5.18. The third kappa shape index (κ3) is 2.60. The van der Waals surface area contributed by atoms with E-state index < -0.39 is 40.7 Å². The van der Waals surface area contributed by atoms with Gasteiger partial charge in [-0.1, -0.05) is 30.4 Å². The van der Waals surface area contributed by atoms with Crippen LogP contribution < -0.4 is 14.5 Å². The quantitative estimate of drug-likeness (QED) is 0.414. The minimum atomic E-state index is -0.898. The third-order valence-electron chi connectivity index (χ3n) is 6.45. The molecule has 3 aliphatic heterocycles. The van der Waals surface area contributed by atoms with Crippen molar-refractivity contribution in [1.82, 2.24) is 0 Å². The Kier molecular flexibility index (Phi) is 4.37. The van der Waals surface area contributed by atoms with Gasteiger partial charge in [0.15, 0.2) is 5.78 Å². The summed E-state index contributed by atoms with van der Waals surface area (Å²) in [4.78, 5) is 53.4. The highest BCUT2D eigenvalue weighted by molar-refractivity contribution is 6.25. The van der Waals surface area contributed by atoms with Crippen molar-refractivity contribution in [1.29, 1.82) is 0 Å². The van der Waals surface area contributed by atoms with E-state index in [4.69, 9.17) is 4.74 Å². The van der Waals surface area contributed by atoms with Crippen molar-refractivity contribution < 1.29 is 24.0 Å². The van der Waals surface area contributed by atoms with Gasteiger partial charge in [-0.05, 0) is 24.6 Å². The molecule has 0 bridgehead atoms. The molecule has 5 rings (SSSR count). The van der Waals surface area contributed by atoms with Crippen molar-refractivity contribution in [3.8, 4) is 5.75 Å². The predicted octanol–water partition coefficient (Wildman–Crippen LogP) is 2.58. The molecule has 9 heteroatoms. The molecule has 0 aromatic heterocycles. The van der Waals surface area contributed by atoms with E-state index in [9.17, 15) is 24.5 Å². The van der Waals surface area contributed by atoms with Gasteiger partial charge < -0.3 is 9.64 Å². The molecule has 0 spiro atoms. The average molecular weight is 433 g/mol. The Morgan fingerprint density at radius 2 is 1.78 bits per heavy atom. The van der Waals surface area contributed by atoms with E-state index in [-0.39, 0.29) is 22.9 Å². The second-order valence-corrected chi connectivity index (χ2v) is 8.05. The van der Waals surface area contributed by atoms with Gasteiger partial charge in [0, 0.05) is 17.8 Å². The summed E-state index contributed by atoms with van der Waals surface area (Å²) >= 11 is 0. The van der Waals surface area contributed by atoms with Crippen molar-refractivity contribution in [2.24, 2.45) is 11.8 Å². The second-order valence-electron chi connectivity index (χ2n) is 8.05. The zero-order valence-electron chi connectivity index (χ0n) is 17.3. The summed E-state index contributed by atoms with van der Waals surface area (Å²) < 4.78 is 5.28. The predicted molar refractivity (Wildman–Crippen MR) is 115 cm³/mol. The van der Waals surface area contributed by atoms with Crippen LogP contribution in [0.5, 0.6) is 5.75 Å². The average Bonchev–Trinajstić information content (AvgIpc) is 3.26. The topological polar surface area (TPSA) is 110 Å². The SMILES string of the molecule is COc1ccc([N+](=O)[O-])cc1N1C(=O)C2C(C1=O)C(C(C)=O)N1c3ccccc3C=CC21. The minimum absolute atomic E-state index is 0.0140. The zero-order chi connectivity index (χ0) is 22.7. The molecule has 2 saturated heterocycles. The Labute approximate surface area is 183 Å². The van der Waals surface area contributed by atoms with Crippen LogP contribution in [0.15, 0.2) is 48.5 Å². The minimum Gasteiger partial charge on any atom is -0.495 e. The molecule has 4 unspecified atom stereocenters. The van der Waals surface area contributed by atoms with Gasteiger partial charge in [0.05, 0.1) is 29.9 Å². The maximum absolute atomic E-state index is 13.6. The number of carbonyl (C=O) groups excluding carboxylic acids is 3. The van der Waals surface area contributed by atoms with Crippen LogP contribution in [0, 0.1) is 22.0 Å². The van der Waals surface area contributed by atoms with E-state index in [2.05, 4.69) is 0 Å². The van der Waals surface area contributed by atoms with E-state index in [1.807, 2.05) is 41.3 Å². The van der Waals surface area contributed by atoms with Gasteiger partial charge in [-0.15, -0.1) is 0 Å². The number of nitro groups is 1. The second kappa shape index (κ2) is 7.01. The summed E-state index contributed by atoms with van der Waals surface area (Å²) in [7, 11) is 1.36. The molecular weight excluding hydrogens is 414 g/mol. The molecule has 4 atom stereocenters. The van der Waals surface area contributed by atoms with Crippen LogP contribution in [0.3, 0.4) is 0 Å². The molecule has 9 nitrogen and oxygen atoms in total. The number of para-hydroxylation sites is 1. The Balaban J connectivity index is 1.64. The number of nitrogens with zero attached hydrogens (tertiary/aromatic N) is 3. The molecule has 32 heavy (non-hydrogen) atoms. The number of Topliss-reactive ketones (excluding diaryl/α,β-unsaturated/α-hetero) is 1. The number of methoxy groups -OCH3 is 1. The first-order chi connectivity index (χ1) is 15.3. The summed E-state index contributed by atoms with van der Waals surface area (Å²) in [5.41, 5.74) is 1.46. The first kappa shape index (κ1) is 19.9. The highest BCUT2D eigenvalue weighted by atomic mass is 16.6. The summed E-state index contributed by atoms with van der Waals surface area (Å²) in [5.74, 6) is -2.80. The first-order valence-electron chi connectivity index (χ1n) is 10.1. The molecule has 3 heterocycles. The molecule has 0 N–H and O–H groups in total. The molecule has 0 radical (unpaired) electrons. The Morgan fingerprint density at radius 1 is 1.06 bits per heavy atom. The number of imide groups is 1. The first-order valence-corrected chi connectivity index (χ1v) is 10.1. The molecular formula is C23H19N3O6. The van der Waals surface area contributed by atoms with Gasteiger partial charge in [0.25, 0.3) is 5.69 Å². The largest absolute Gasteiger partial charge is 0.495 e. The molecule has 0 aliphatic carbocycles. The van der Waals surface area contributed by atoms with Crippen molar-refractivity contribution in [2.45, 2.75) is 19.0 Å². The van der Waals surface area contributed by atoms with Crippen molar-refractivity contribution in [3.63, 3.8) is 0 Å². The number of hydrogen-bond donors (Lipinski definition) is 0. The Bertz CT molecular complexity index is 1220. The molecule has 162 valence electrons. The van der Waals surface area contributed by atoms with Crippen LogP contribution >= 0.6 is 0 Å². The highest BCUT2D eigenvalue weighted by Gasteiger charge is 2.64. The van der Waals surface area contributed by atoms with Crippen molar-refractivity contribution in [2.75, 3.05) is 16.9 Å². The molecule has 2 aromatic carbocycles. The van der Waals surface area contributed by atoms with Crippen LogP contribution in [0.25, 0.3) is 6.08 Å². The summed E-state index contributed by atoms with van der Waals surface area (Å²) in [6.45, 7) is 1.42. The van der Waals surface area contributed by atoms with Crippen molar-refractivity contribution >= 4 is 40.7 Å². The standard InChI is InChI=1S/C23H19N3O6/c1-12(27)21-20-19(16-9-7-13-5-3-4-6-15(13)24(16)21)22(28)25(23(20)29)17-11-14(26(30)31)8-10-18(17)32-2/h3-11,16,19-21H,1-2H3. The van der Waals surface area contributed by atoms with Crippen molar-refractivity contribution in [3.05, 3.63) is 64.2 Å². The number of benzene rings is 2. The molecule has 2 amide bonds. The van der Waals surface area contributed by atoms with Crippen LogP contribution in [-0.4, -0.2) is 41.7 Å². The van der Waals surface area contributed by atoms with E-state index in [1.54, 1.807) is 0 Å². The number of fused-ring (bicyclic) bond motifs is 5. The normalized spacial score (nSPS) is 25.4. The fraction of sp³-hybridized carbons (Fsp3) is 0.261. The lowest BCUT2D eigenvalue weighted by Gasteiger charge is -2.36. The number of nitro benzene ring substituents is 1. The number of hydrogen-bond acceptors (Lipinski definition) is 7. The third-order valence-corrected chi connectivity index (χ3v) is 6.45. The van der Waals surface area contributed by atoms with E-state index in [0.717, 1.165) is 22.2 Å². The summed E-state index contributed by atoms with van der Waals surface area (Å²) in [5, 5.41) is 11.3. The van der Waals surface area contributed by atoms with Gasteiger partial charge in [-0.2, -0.15) is 0 Å². The van der Waals surface area contributed by atoms with E-state index >= 15 is 0 Å². The summed E-state index contributed by atoms with van der Waals surface area (Å²) in [6.07, 6.45) is 3.74. The van der Waals surface area contributed by atoms with Gasteiger partial charge in [-0.3, -0.25) is 24.5 Å². The van der Waals surface area contributed by atoms with Crippen LogP contribution in [0.4, 0.5) is 17.1 Å². The molecule has 2 fully saturated rings. The van der Waals surface area contributed by atoms with E-state index in [1.165, 1.54) is 26.2 Å². The van der Waals surface area contributed by atoms with E-state index in [0.29, 0.717) is 0 Å². The molecule has 0 saturated carbocycles. The Hall–Kier alpha value is -4.01.